The summed E-state index contributed by atoms with van der Waals surface area (Å²) in [5.41, 5.74) is 7.94. The fourth-order valence-electron chi connectivity index (χ4n) is 1.55. The lowest BCUT2D eigenvalue weighted by atomic mass is 10.1. The number of hydrogen-bond donors (Lipinski definition) is 2. The summed E-state index contributed by atoms with van der Waals surface area (Å²) in [5, 5.41) is 2.99. The Morgan fingerprint density at radius 1 is 1.53 bits per heavy atom. The number of nitrogens with one attached hydrogen (secondary N) is 1. The highest BCUT2D eigenvalue weighted by Crippen LogP contribution is 2.13. The van der Waals surface area contributed by atoms with Crippen LogP contribution in [0.25, 0.3) is 0 Å². The van der Waals surface area contributed by atoms with Gasteiger partial charge in [0.05, 0.1) is 0 Å². The minimum atomic E-state index is -0.0385. The molecule has 0 fully saturated rings. The zero-order valence-corrected chi connectivity index (χ0v) is 11.4. The third-order valence-electron chi connectivity index (χ3n) is 2.64. The Labute approximate surface area is 107 Å². The van der Waals surface area contributed by atoms with Crippen LogP contribution in [0.2, 0.25) is 0 Å². The smallest absolute Gasteiger partial charge is 0.251 e. The van der Waals surface area contributed by atoms with Gasteiger partial charge in [-0.15, -0.1) is 0 Å². The van der Waals surface area contributed by atoms with Crippen molar-refractivity contribution in [2.75, 3.05) is 17.7 Å². The lowest BCUT2D eigenvalue weighted by Gasteiger charge is -2.14. The lowest BCUT2D eigenvalue weighted by Crippen LogP contribution is -2.33. The molecule has 0 aliphatic carbocycles. The number of carbonyl (C=O) groups is 1. The van der Waals surface area contributed by atoms with E-state index in [1.54, 1.807) is 17.8 Å². The fraction of sp³-hybridized carbons (Fsp3) is 0.462. The van der Waals surface area contributed by atoms with Crippen molar-refractivity contribution in [2.24, 2.45) is 0 Å². The van der Waals surface area contributed by atoms with Crippen LogP contribution < -0.4 is 11.1 Å². The Hall–Kier alpha value is -1.16. The SMILES string of the molecule is CSCCC(C)NC(=O)c1cc(N)ccc1C. The number of benzene rings is 1. The minimum Gasteiger partial charge on any atom is -0.399 e. The number of rotatable bonds is 5. The molecule has 1 aromatic rings. The molecule has 1 amide bonds. The van der Waals surface area contributed by atoms with E-state index in [-0.39, 0.29) is 11.9 Å². The summed E-state index contributed by atoms with van der Waals surface area (Å²) < 4.78 is 0. The van der Waals surface area contributed by atoms with E-state index in [1.807, 2.05) is 26.0 Å². The largest absolute Gasteiger partial charge is 0.399 e. The summed E-state index contributed by atoms with van der Waals surface area (Å²) >= 11 is 1.79. The lowest BCUT2D eigenvalue weighted by molar-refractivity contribution is 0.0939. The molecule has 0 aliphatic heterocycles. The van der Waals surface area contributed by atoms with Gasteiger partial charge in [-0.3, -0.25) is 4.79 Å². The van der Waals surface area contributed by atoms with Crippen molar-refractivity contribution < 1.29 is 4.79 Å². The highest BCUT2D eigenvalue weighted by molar-refractivity contribution is 7.98. The van der Waals surface area contributed by atoms with Crippen LogP contribution in [0.15, 0.2) is 18.2 Å². The number of carbonyl (C=O) groups excluding carboxylic acids is 1. The van der Waals surface area contributed by atoms with Gasteiger partial charge in [-0.2, -0.15) is 11.8 Å². The van der Waals surface area contributed by atoms with Gasteiger partial charge in [-0.1, -0.05) is 6.07 Å². The van der Waals surface area contributed by atoms with Crippen LogP contribution in [0, 0.1) is 6.92 Å². The van der Waals surface area contributed by atoms with E-state index in [1.165, 1.54) is 0 Å². The summed E-state index contributed by atoms with van der Waals surface area (Å²) in [7, 11) is 0. The normalized spacial score (nSPS) is 12.2. The van der Waals surface area contributed by atoms with Crippen molar-refractivity contribution in [3.05, 3.63) is 29.3 Å². The van der Waals surface area contributed by atoms with Gasteiger partial charge in [0.2, 0.25) is 0 Å². The van der Waals surface area contributed by atoms with Crippen molar-refractivity contribution in [2.45, 2.75) is 26.3 Å². The second kappa shape index (κ2) is 6.55. The standard InChI is InChI=1S/C13H20N2OS/c1-9-4-5-11(14)8-12(9)13(16)15-10(2)6-7-17-3/h4-5,8,10H,6-7,14H2,1-3H3,(H,15,16). The van der Waals surface area contributed by atoms with Crippen LogP contribution in [0.1, 0.15) is 29.3 Å². The molecule has 3 N–H and O–H groups in total. The number of nitrogen functional groups attached to an aromatic ring is 1. The maximum atomic E-state index is 12.0. The summed E-state index contributed by atoms with van der Waals surface area (Å²) in [6, 6.07) is 5.60. The van der Waals surface area contributed by atoms with Crippen LogP contribution in [0.4, 0.5) is 5.69 Å². The molecule has 1 unspecified atom stereocenters. The van der Waals surface area contributed by atoms with Gasteiger partial charge in [0.15, 0.2) is 0 Å². The number of hydrogen-bond acceptors (Lipinski definition) is 3. The summed E-state index contributed by atoms with van der Waals surface area (Å²) in [5.74, 6) is 1.01. The van der Waals surface area contributed by atoms with Crippen LogP contribution in [0.3, 0.4) is 0 Å². The van der Waals surface area contributed by atoms with Crippen molar-refractivity contribution >= 4 is 23.4 Å². The van der Waals surface area contributed by atoms with Gasteiger partial charge < -0.3 is 11.1 Å². The zero-order valence-electron chi connectivity index (χ0n) is 10.6. The predicted octanol–water partition coefficient (Wildman–Crippen LogP) is 2.45. The van der Waals surface area contributed by atoms with Crippen molar-refractivity contribution in [3.8, 4) is 0 Å². The van der Waals surface area contributed by atoms with Crippen molar-refractivity contribution in [1.29, 1.82) is 0 Å². The average molecular weight is 252 g/mol. The van der Waals surface area contributed by atoms with E-state index in [2.05, 4.69) is 11.6 Å². The Balaban J connectivity index is 2.66. The number of thioether (sulfide) groups is 1. The van der Waals surface area contributed by atoms with Gasteiger partial charge in [0.1, 0.15) is 0 Å². The van der Waals surface area contributed by atoms with Crippen molar-refractivity contribution in [3.63, 3.8) is 0 Å². The summed E-state index contributed by atoms with van der Waals surface area (Å²) in [6.45, 7) is 3.94. The molecule has 0 saturated carbocycles. The highest BCUT2D eigenvalue weighted by atomic mass is 32.2. The Kier molecular flexibility index (Phi) is 5.35. The van der Waals surface area contributed by atoms with Crippen LogP contribution in [-0.2, 0) is 0 Å². The van der Waals surface area contributed by atoms with Crippen molar-refractivity contribution in [1.82, 2.24) is 5.32 Å². The first-order valence-corrected chi connectivity index (χ1v) is 7.10. The monoisotopic (exact) mass is 252 g/mol. The molecule has 0 radical (unpaired) electrons. The molecular weight excluding hydrogens is 232 g/mol. The van der Waals surface area contributed by atoms with Crippen LogP contribution in [0.5, 0.6) is 0 Å². The molecule has 0 spiro atoms. The third kappa shape index (κ3) is 4.30. The molecule has 17 heavy (non-hydrogen) atoms. The Bertz CT molecular complexity index is 393. The van der Waals surface area contributed by atoms with Gasteiger partial charge in [0, 0.05) is 17.3 Å². The first-order chi connectivity index (χ1) is 8.04. The molecule has 1 rings (SSSR count). The zero-order chi connectivity index (χ0) is 12.8. The maximum absolute atomic E-state index is 12.0. The van der Waals surface area contributed by atoms with E-state index < -0.39 is 0 Å². The maximum Gasteiger partial charge on any atom is 0.251 e. The van der Waals surface area contributed by atoms with Gasteiger partial charge in [-0.25, -0.2) is 0 Å². The first-order valence-electron chi connectivity index (χ1n) is 5.70. The fourth-order valence-corrected chi connectivity index (χ4v) is 2.14. The molecule has 3 nitrogen and oxygen atoms in total. The summed E-state index contributed by atoms with van der Waals surface area (Å²) in [4.78, 5) is 12.0. The minimum absolute atomic E-state index is 0.0385. The molecule has 1 atom stereocenters. The number of nitrogens with two attached hydrogens (primary N) is 1. The number of anilines is 1. The predicted molar refractivity (Wildman–Crippen MR) is 75.5 cm³/mol. The second-order valence-electron chi connectivity index (χ2n) is 4.23. The van der Waals surface area contributed by atoms with E-state index in [9.17, 15) is 4.79 Å². The van der Waals surface area contributed by atoms with E-state index in [0.29, 0.717) is 11.3 Å². The van der Waals surface area contributed by atoms with E-state index >= 15 is 0 Å². The van der Waals surface area contributed by atoms with Gasteiger partial charge in [-0.05, 0) is 50.0 Å². The first kappa shape index (κ1) is 13.9. The highest BCUT2D eigenvalue weighted by Gasteiger charge is 2.11. The number of amides is 1. The molecule has 0 saturated heterocycles. The molecule has 0 aromatic heterocycles. The Morgan fingerprint density at radius 2 is 2.24 bits per heavy atom. The average Bonchev–Trinajstić information content (AvgIpc) is 2.29. The topological polar surface area (TPSA) is 55.1 Å². The van der Waals surface area contributed by atoms with E-state index in [0.717, 1.165) is 17.7 Å². The number of aryl methyl sites for hydroxylation is 1. The summed E-state index contributed by atoms with van der Waals surface area (Å²) in [6.07, 6.45) is 3.05. The van der Waals surface area contributed by atoms with Crippen LogP contribution in [-0.4, -0.2) is 24.0 Å². The molecule has 94 valence electrons. The van der Waals surface area contributed by atoms with Crippen LogP contribution >= 0.6 is 11.8 Å². The Morgan fingerprint density at radius 3 is 2.88 bits per heavy atom. The molecule has 0 heterocycles. The molecule has 4 heteroatoms. The molecule has 0 bridgehead atoms. The second-order valence-corrected chi connectivity index (χ2v) is 5.22. The van der Waals surface area contributed by atoms with Gasteiger partial charge >= 0.3 is 0 Å². The van der Waals surface area contributed by atoms with E-state index in [4.69, 9.17) is 5.73 Å². The molecule has 0 aliphatic rings. The third-order valence-corrected chi connectivity index (χ3v) is 3.28. The molecule has 1 aromatic carbocycles. The molecular formula is C13H20N2OS. The van der Waals surface area contributed by atoms with Gasteiger partial charge in [0.25, 0.3) is 5.91 Å². The quantitative estimate of drug-likeness (QED) is 0.791.